The van der Waals surface area contributed by atoms with E-state index < -0.39 is 18.0 Å². The van der Waals surface area contributed by atoms with Gasteiger partial charge in [-0.1, -0.05) is 31.9 Å². The van der Waals surface area contributed by atoms with Crippen LogP contribution in [-0.4, -0.2) is 30.3 Å². The van der Waals surface area contributed by atoms with Crippen LogP contribution in [0.1, 0.15) is 31.7 Å². The summed E-state index contributed by atoms with van der Waals surface area (Å²) in [5.74, 6) is -1.02. The molecule has 0 heterocycles. The van der Waals surface area contributed by atoms with Crippen LogP contribution in [0, 0.1) is 0 Å². The minimum absolute atomic E-state index is 0.420. The fourth-order valence-corrected chi connectivity index (χ4v) is 1.90. The first kappa shape index (κ1) is 17.0. The predicted octanol–water partition coefficient (Wildman–Crippen LogP) is 2.60. The Morgan fingerprint density at radius 1 is 1.38 bits per heavy atom. The molecule has 0 fully saturated rings. The first-order chi connectivity index (χ1) is 10.1. The predicted molar refractivity (Wildman–Crippen MR) is 80.3 cm³/mol. The maximum absolute atomic E-state index is 11.8. The summed E-state index contributed by atoms with van der Waals surface area (Å²) in [7, 11) is 1.60. The molecule has 3 N–H and O–H groups in total. The van der Waals surface area contributed by atoms with Crippen molar-refractivity contribution < 1.29 is 19.4 Å². The summed E-state index contributed by atoms with van der Waals surface area (Å²) in [6, 6.07) is 5.81. The Hall–Kier alpha value is -2.08. The molecule has 1 atom stereocenters. The third kappa shape index (κ3) is 6.27. The van der Waals surface area contributed by atoms with Crippen molar-refractivity contribution in [1.82, 2.24) is 5.32 Å². The number of methoxy groups -OCH3 is 1. The normalized spacial score (nSPS) is 11.7. The molecule has 0 aliphatic carbocycles. The zero-order chi connectivity index (χ0) is 15.7. The highest BCUT2D eigenvalue weighted by Crippen LogP contribution is 2.11. The number of urea groups is 1. The summed E-state index contributed by atoms with van der Waals surface area (Å²) in [4.78, 5) is 22.9. The lowest BCUT2D eigenvalue weighted by molar-refractivity contribution is -0.139. The van der Waals surface area contributed by atoms with Crippen LogP contribution in [0.5, 0.6) is 0 Å². The standard InChI is InChI=1S/C15H22N2O4/c1-3-4-8-13(14(18)19)17-15(20)16-12-7-5-6-11(9-12)10-21-2/h5-7,9,13H,3-4,8,10H2,1-2H3,(H,18,19)(H2,16,17,20). The van der Waals surface area contributed by atoms with Crippen LogP contribution in [0.2, 0.25) is 0 Å². The summed E-state index contributed by atoms with van der Waals surface area (Å²) in [5.41, 5.74) is 1.53. The molecular weight excluding hydrogens is 272 g/mol. The SMILES string of the molecule is CCCCC(NC(=O)Nc1cccc(COC)c1)C(=O)O. The highest BCUT2D eigenvalue weighted by Gasteiger charge is 2.19. The number of carbonyl (C=O) groups is 2. The van der Waals surface area contributed by atoms with Gasteiger partial charge in [-0.15, -0.1) is 0 Å². The Bertz CT molecular complexity index is 476. The average molecular weight is 294 g/mol. The van der Waals surface area contributed by atoms with Crippen LogP contribution >= 0.6 is 0 Å². The summed E-state index contributed by atoms with van der Waals surface area (Å²) >= 11 is 0. The monoisotopic (exact) mass is 294 g/mol. The van der Waals surface area contributed by atoms with Crippen LogP contribution in [0.15, 0.2) is 24.3 Å². The molecule has 0 aliphatic heterocycles. The van der Waals surface area contributed by atoms with E-state index >= 15 is 0 Å². The maximum Gasteiger partial charge on any atom is 0.326 e. The number of hydrogen-bond donors (Lipinski definition) is 3. The van der Waals surface area contributed by atoms with E-state index in [9.17, 15) is 9.59 Å². The van der Waals surface area contributed by atoms with E-state index in [1.54, 1.807) is 25.3 Å². The number of unbranched alkanes of at least 4 members (excludes halogenated alkanes) is 1. The van der Waals surface area contributed by atoms with E-state index in [1.165, 1.54) is 0 Å². The zero-order valence-electron chi connectivity index (χ0n) is 12.4. The number of carboxylic acid groups (broad SMARTS) is 1. The van der Waals surface area contributed by atoms with Gasteiger partial charge in [0, 0.05) is 12.8 Å². The van der Waals surface area contributed by atoms with Gasteiger partial charge in [0.25, 0.3) is 0 Å². The van der Waals surface area contributed by atoms with Crippen molar-refractivity contribution in [2.75, 3.05) is 12.4 Å². The Labute approximate surface area is 124 Å². The van der Waals surface area contributed by atoms with Crippen molar-refractivity contribution in [3.63, 3.8) is 0 Å². The van der Waals surface area contributed by atoms with Gasteiger partial charge in [-0.05, 0) is 24.1 Å². The fraction of sp³-hybridized carbons (Fsp3) is 0.467. The van der Waals surface area contributed by atoms with Crippen LogP contribution in [-0.2, 0) is 16.1 Å². The lowest BCUT2D eigenvalue weighted by Gasteiger charge is -2.15. The minimum Gasteiger partial charge on any atom is -0.480 e. The molecule has 2 amide bonds. The Morgan fingerprint density at radius 2 is 2.14 bits per heavy atom. The molecular formula is C15H22N2O4. The van der Waals surface area contributed by atoms with Crippen LogP contribution in [0.4, 0.5) is 10.5 Å². The number of nitrogens with one attached hydrogen (secondary N) is 2. The van der Waals surface area contributed by atoms with Crippen molar-refractivity contribution in [3.8, 4) is 0 Å². The van der Waals surface area contributed by atoms with E-state index in [1.807, 2.05) is 13.0 Å². The third-order valence-corrected chi connectivity index (χ3v) is 2.95. The molecule has 0 saturated carbocycles. The number of rotatable bonds is 8. The Kier molecular flexibility index (Phi) is 7.25. The summed E-state index contributed by atoms with van der Waals surface area (Å²) in [6.07, 6.45) is 2.05. The largest absolute Gasteiger partial charge is 0.480 e. The highest BCUT2D eigenvalue weighted by molar-refractivity contribution is 5.92. The van der Waals surface area contributed by atoms with Crippen molar-refractivity contribution in [2.24, 2.45) is 0 Å². The van der Waals surface area contributed by atoms with Gasteiger partial charge < -0.3 is 20.5 Å². The summed E-state index contributed by atoms with van der Waals surface area (Å²) in [6.45, 7) is 2.42. The van der Waals surface area contributed by atoms with Gasteiger partial charge in [0.05, 0.1) is 6.61 Å². The van der Waals surface area contributed by atoms with Crippen molar-refractivity contribution in [1.29, 1.82) is 0 Å². The Morgan fingerprint density at radius 3 is 2.76 bits per heavy atom. The second-order valence-electron chi connectivity index (χ2n) is 4.76. The molecule has 0 aromatic heterocycles. The number of carboxylic acids is 1. The molecule has 21 heavy (non-hydrogen) atoms. The van der Waals surface area contributed by atoms with Crippen molar-refractivity contribution >= 4 is 17.7 Å². The van der Waals surface area contributed by atoms with E-state index in [0.717, 1.165) is 18.4 Å². The van der Waals surface area contributed by atoms with Crippen molar-refractivity contribution in [2.45, 2.75) is 38.8 Å². The molecule has 0 spiro atoms. The van der Waals surface area contributed by atoms with E-state index in [-0.39, 0.29) is 0 Å². The average Bonchev–Trinajstić information content (AvgIpc) is 2.44. The number of carbonyl (C=O) groups excluding carboxylic acids is 1. The van der Waals surface area contributed by atoms with Gasteiger partial charge >= 0.3 is 12.0 Å². The summed E-state index contributed by atoms with van der Waals surface area (Å²) < 4.78 is 5.02. The molecule has 6 nitrogen and oxygen atoms in total. The molecule has 116 valence electrons. The molecule has 1 aromatic rings. The summed E-state index contributed by atoms with van der Waals surface area (Å²) in [5, 5.41) is 14.2. The van der Waals surface area contributed by atoms with Crippen LogP contribution in [0.3, 0.4) is 0 Å². The second-order valence-corrected chi connectivity index (χ2v) is 4.76. The molecule has 0 radical (unpaired) electrons. The lowest BCUT2D eigenvalue weighted by Crippen LogP contribution is -2.42. The minimum atomic E-state index is -1.02. The van der Waals surface area contributed by atoms with E-state index in [2.05, 4.69) is 10.6 Å². The quantitative estimate of drug-likeness (QED) is 0.687. The molecule has 0 aliphatic rings. The number of hydrogen-bond acceptors (Lipinski definition) is 3. The number of anilines is 1. The molecule has 1 unspecified atom stereocenters. The molecule has 1 aromatic carbocycles. The van der Waals surface area contributed by atoms with Gasteiger partial charge in [-0.3, -0.25) is 0 Å². The maximum atomic E-state index is 11.8. The van der Waals surface area contributed by atoms with Gasteiger partial charge in [-0.25, -0.2) is 9.59 Å². The fourth-order valence-electron chi connectivity index (χ4n) is 1.90. The number of amides is 2. The number of ether oxygens (including phenoxy) is 1. The molecule has 1 rings (SSSR count). The van der Waals surface area contributed by atoms with Gasteiger partial charge in [0.2, 0.25) is 0 Å². The van der Waals surface area contributed by atoms with E-state index in [4.69, 9.17) is 9.84 Å². The third-order valence-electron chi connectivity index (χ3n) is 2.95. The molecule has 6 heteroatoms. The van der Waals surface area contributed by atoms with Crippen molar-refractivity contribution in [3.05, 3.63) is 29.8 Å². The van der Waals surface area contributed by atoms with Crippen LogP contribution < -0.4 is 10.6 Å². The highest BCUT2D eigenvalue weighted by atomic mass is 16.5. The van der Waals surface area contributed by atoms with Crippen LogP contribution in [0.25, 0.3) is 0 Å². The topological polar surface area (TPSA) is 87.7 Å². The molecule has 0 bridgehead atoms. The first-order valence-electron chi connectivity index (χ1n) is 6.95. The number of aliphatic carboxylic acids is 1. The van der Waals surface area contributed by atoms with Gasteiger partial charge in [0.15, 0.2) is 0 Å². The molecule has 0 saturated heterocycles. The zero-order valence-corrected chi connectivity index (χ0v) is 12.4. The smallest absolute Gasteiger partial charge is 0.326 e. The Balaban J connectivity index is 2.58. The number of benzene rings is 1. The lowest BCUT2D eigenvalue weighted by atomic mass is 10.1. The van der Waals surface area contributed by atoms with Gasteiger partial charge in [0.1, 0.15) is 6.04 Å². The van der Waals surface area contributed by atoms with E-state index in [0.29, 0.717) is 18.7 Å². The second kappa shape index (κ2) is 8.97. The first-order valence-corrected chi connectivity index (χ1v) is 6.95. The van der Waals surface area contributed by atoms with Gasteiger partial charge in [-0.2, -0.15) is 0 Å².